The average molecular weight is 161 g/mol. The van der Waals surface area contributed by atoms with Crippen molar-refractivity contribution in [2.45, 2.75) is 18.9 Å². The summed E-state index contributed by atoms with van der Waals surface area (Å²) in [6, 6.07) is -0.0543. The van der Waals surface area contributed by atoms with Crippen molar-refractivity contribution in [2.24, 2.45) is 5.73 Å². The summed E-state index contributed by atoms with van der Waals surface area (Å²) in [4.78, 5) is 0. The van der Waals surface area contributed by atoms with E-state index in [4.69, 9.17) is 18.0 Å². The fourth-order valence-corrected chi connectivity index (χ4v) is 0.668. The van der Waals surface area contributed by atoms with E-state index in [2.05, 4.69) is 19.2 Å². The van der Waals surface area contributed by atoms with Crippen molar-refractivity contribution in [3.05, 3.63) is 12.7 Å². The Kier molecular flexibility index (Phi) is 5.04. The fraction of sp³-hybridized carbons (Fsp3) is 0.500. The Morgan fingerprint density at radius 1 is 1.89 bits per heavy atom. The monoisotopic (exact) mass is 161 g/mol. The Hall–Kier alpha value is 0.140. The first kappa shape index (κ1) is 9.14. The summed E-state index contributed by atoms with van der Waals surface area (Å²) in [6.45, 7) is 3.57. The third-order valence-corrected chi connectivity index (χ3v) is 1.63. The van der Waals surface area contributed by atoms with Crippen molar-refractivity contribution in [2.75, 3.05) is 0 Å². The van der Waals surface area contributed by atoms with E-state index >= 15 is 0 Å². The van der Waals surface area contributed by atoms with Gasteiger partial charge in [0.2, 0.25) is 0 Å². The van der Waals surface area contributed by atoms with Gasteiger partial charge in [0, 0.05) is 6.04 Å². The number of allylic oxidation sites excluding steroid dienone is 1. The van der Waals surface area contributed by atoms with E-state index < -0.39 is 0 Å². The minimum Gasteiger partial charge on any atom is -0.323 e. The first-order valence-corrected chi connectivity index (χ1v) is 3.63. The maximum absolute atomic E-state index is 5.54. The highest BCUT2D eigenvalue weighted by Crippen LogP contribution is 1.99. The number of hydrogen-bond acceptors (Lipinski definition) is 2. The van der Waals surface area contributed by atoms with Gasteiger partial charge in [0.1, 0.15) is 0 Å². The van der Waals surface area contributed by atoms with Gasteiger partial charge in [-0.3, -0.25) is 0 Å². The molecule has 0 aliphatic rings. The molecule has 1 unspecified atom stereocenters. The lowest BCUT2D eigenvalue weighted by Gasteiger charge is -2.05. The molecule has 9 heavy (non-hydrogen) atoms. The van der Waals surface area contributed by atoms with Gasteiger partial charge in [-0.2, -0.15) is 0 Å². The smallest absolute Gasteiger partial charge is 0.0616 e. The second-order valence-electron chi connectivity index (χ2n) is 1.81. The SMILES string of the molecule is C=CCCC(N)C(=S)S. The molecule has 0 bridgehead atoms. The number of nitrogens with two attached hydrogens (primary N) is 1. The van der Waals surface area contributed by atoms with Crippen molar-refractivity contribution in [1.29, 1.82) is 0 Å². The molecule has 0 rings (SSSR count). The molecule has 0 saturated heterocycles. The Balaban J connectivity index is 3.37. The van der Waals surface area contributed by atoms with Gasteiger partial charge in [-0.25, -0.2) is 0 Å². The van der Waals surface area contributed by atoms with Crippen molar-refractivity contribution in [1.82, 2.24) is 0 Å². The standard InChI is InChI=1S/C6H11NS2/c1-2-3-4-5(7)6(8)9/h2,5H,1,3-4,7H2,(H,8,9). The van der Waals surface area contributed by atoms with Crippen LogP contribution in [0.2, 0.25) is 0 Å². The van der Waals surface area contributed by atoms with E-state index in [0.29, 0.717) is 4.20 Å². The predicted molar refractivity (Wildman–Crippen MR) is 49.0 cm³/mol. The Morgan fingerprint density at radius 2 is 2.44 bits per heavy atom. The van der Waals surface area contributed by atoms with Crippen LogP contribution in [0.15, 0.2) is 12.7 Å². The lowest BCUT2D eigenvalue weighted by molar-refractivity contribution is 0.780. The second-order valence-corrected chi connectivity index (χ2v) is 3.03. The highest BCUT2D eigenvalue weighted by atomic mass is 32.1. The van der Waals surface area contributed by atoms with E-state index in [1.807, 2.05) is 6.08 Å². The molecule has 2 N–H and O–H groups in total. The lowest BCUT2D eigenvalue weighted by Crippen LogP contribution is -2.24. The molecule has 0 aliphatic carbocycles. The summed E-state index contributed by atoms with van der Waals surface area (Å²) in [6.07, 6.45) is 3.58. The first-order chi connectivity index (χ1) is 4.18. The van der Waals surface area contributed by atoms with Gasteiger partial charge in [-0.1, -0.05) is 18.3 Å². The molecule has 0 aromatic carbocycles. The topological polar surface area (TPSA) is 26.0 Å². The molecular weight excluding hydrogens is 150 g/mol. The normalized spacial score (nSPS) is 12.7. The summed E-state index contributed by atoms with van der Waals surface area (Å²) in [7, 11) is 0. The number of thiocarbonyl (C=S) groups is 1. The zero-order valence-corrected chi connectivity index (χ0v) is 6.92. The van der Waals surface area contributed by atoms with Crippen LogP contribution in [0.25, 0.3) is 0 Å². The van der Waals surface area contributed by atoms with Crippen molar-refractivity contribution < 1.29 is 0 Å². The summed E-state index contributed by atoms with van der Waals surface area (Å²) >= 11 is 8.67. The highest BCUT2D eigenvalue weighted by Gasteiger charge is 2.01. The molecule has 0 aliphatic heterocycles. The minimum atomic E-state index is -0.0543. The number of rotatable bonds is 4. The maximum atomic E-state index is 5.54. The van der Waals surface area contributed by atoms with Crippen LogP contribution in [-0.4, -0.2) is 10.2 Å². The van der Waals surface area contributed by atoms with Gasteiger partial charge in [-0.15, -0.1) is 19.2 Å². The van der Waals surface area contributed by atoms with Crippen LogP contribution >= 0.6 is 24.8 Å². The minimum absolute atomic E-state index is 0.0543. The molecule has 1 atom stereocenters. The third-order valence-electron chi connectivity index (χ3n) is 0.999. The van der Waals surface area contributed by atoms with Crippen LogP contribution in [0.5, 0.6) is 0 Å². The Bertz CT molecular complexity index is 112. The van der Waals surface area contributed by atoms with E-state index in [1.165, 1.54) is 0 Å². The second kappa shape index (κ2) is 4.97. The zero-order valence-electron chi connectivity index (χ0n) is 5.21. The molecule has 3 heteroatoms. The molecule has 0 radical (unpaired) electrons. The van der Waals surface area contributed by atoms with Crippen molar-refractivity contribution in [3.63, 3.8) is 0 Å². The summed E-state index contributed by atoms with van der Waals surface area (Å²) in [5.41, 5.74) is 5.54. The maximum Gasteiger partial charge on any atom is 0.0616 e. The van der Waals surface area contributed by atoms with Crippen molar-refractivity contribution >= 4 is 29.0 Å². The fourth-order valence-electron chi connectivity index (χ4n) is 0.421. The number of hydrogen-bond donors (Lipinski definition) is 2. The van der Waals surface area contributed by atoms with Crippen LogP contribution in [0.3, 0.4) is 0 Å². The van der Waals surface area contributed by atoms with Crippen molar-refractivity contribution in [3.8, 4) is 0 Å². The predicted octanol–water partition coefficient (Wildman–Crippen LogP) is 1.54. The Morgan fingerprint density at radius 3 is 2.78 bits per heavy atom. The highest BCUT2D eigenvalue weighted by molar-refractivity contribution is 8.11. The largest absolute Gasteiger partial charge is 0.323 e. The molecule has 0 amide bonds. The van der Waals surface area contributed by atoms with Gasteiger partial charge >= 0.3 is 0 Å². The molecule has 0 aromatic rings. The van der Waals surface area contributed by atoms with E-state index in [9.17, 15) is 0 Å². The molecule has 1 nitrogen and oxygen atoms in total. The molecule has 0 saturated carbocycles. The van der Waals surface area contributed by atoms with Gasteiger partial charge in [0.15, 0.2) is 0 Å². The van der Waals surface area contributed by atoms with Gasteiger partial charge in [0.05, 0.1) is 4.20 Å². The Labute approximate surface area is 66.7 Å². The number of thiol groups is 1. The molecule has 0 aromatic heterocycles. The summed E-state index contributed by atoms with van der Waals surface area (Å²) in [5.74, 6) is 0. The first-order valence-electron chi connectivity index (χ1n) is 2.77. The molecular formula is C6H11NS2. The average Bonchev–Trinajstić information content (AvgIpc) is 1.82. The van der Waals surface area contributed by atoms with Crippen LogP contribution in [0.1, 0.15) is 12.8 Å². The van der Waals surface area contributed by atoms with Crippen LogP contribution in [0, 0.1) is 0 Å². The van der Waals surface area contributed by atoms with E-state index in [0.717, 1.165) is 12.8 Å². The molecule has 52 valence electrons. The molecule has 0 spiro atoms. The lowest BCUT2D eigenvalue weighted by atomic mass is 10.2. The van der Waals surface area contributed by atoms with Crippen LogP contribution in [0.4, 0.5) is 0 Å². The van der Waals surface area contributed by atoms with Gasteiger partial charge in [-0.05, 0) is 12.8 Å². The molecule has 0 heterocycles. The summed E-state index contributed by atoms with van der Waals surface area (Å²) in [5, 5.41) is 0. The van der Waals surface area contributed by atoms with Gasteiger partial charge in [0.25, 0.3) is 0 Å². The third kappa shape index (κ3) is 4.63. The van der Waals surface area contributed by atoms with Crippen LogP contribution in [-0.2, 0) is 0 Å². The van der Waals surface area contributed by atoms with Crippen LogP contribution < -0.4 is 5.73 Å². The summed E-state index contributed by atoms with van der Waals surface area (Å²) < 4.78 is 0.580. The van der Waals surface area contributed by atoms with E-state index in [1.54, 1.807) is 0 Å². The molecule has 0 fully saturated rings. The quantitative estimate of drug-likeness (QED) is 0.371. The van der Waals surface area contributed by atoms with E-state index in [-0.39, 0.29) is 6.04 Å². The zero-order chi connectivity index (χ0) is 7.28. The van der Waals surface area contributed by atoms with Gasteiger partial charge < -0.3 is 5.73 Å².